The summed E-state index contributed by atoms with van der Waals surface area (Å²) in [6, 6.07) is 1.61. The Morgan fingerprint density at radius 2 is 2.00 bits per heavy atom. The number of ether oxygens (including phenoxy) is 1. The summed E-state index contributed by atoms with van der Waals surface area (Å²) in [5.74, 6) is 0.575. The van der Waals surface area contributed by atoms with Crippen LogP contribution >= 0.6 is 11.6 Å². The van der Waals surface area contributed by atoms with E-state index < -0.39 is 8.32 Å². The van der Waals surface area contributed by atoms with Crippen molar-refractivity contribution >= 4 is 19.9 Å². The van der Waals surface area contributed by atoms with Gasteiger partial charge in [-0.05, 0) is 24.6 Å². The average Bonchev–Trinajstić information content (AvgIpc) is 2.78. The Morgan fingerprint density at radius 1 is 1.30 bits per heavy atom. The van der Waals surface area contributed by atoms with Gasteiger partial charge in [0.25, 0.3) is 0 Å². The number of aromatic nitrogens is 2. The van der Waals surface area contributed by atoms with Crippen molar-refractivity contribution in [2.75, 3.05) is 6.61 Å². The minimum atomic E-state index is -1.87. The molecule has 3 atom stereocenters. The van der Waals surface area contributed by atoms with E-state index in [1.54, 1.807) is 6.07 Å². The van der Waals surface area contributed by atoms with E-state index in [1.807, 2.05) is 0 Å². The summed E-state index contributed by atoms with van der Waals surface area (Å²) in [7, 11) is -1.87. The molecule has 0 amide bonds. The number of nitrogens with zero attached hydrogens (tertiary/aromatic N) is 2. The third-order valence-electron chi connectivity index (χ3n) is 4.97. The van der Waals surface area contributed by atoms with E-state index in [-0.39, 0.29) is 29.8 Å². The average molecular weight is 359 g/mol. The molecule has 1 saturated carbocycles. The van der Waals surface area contributed by atoms with Gasteiger partial charge in [-0.1, -0.05) is 32.4 Å². The van der Waals surface area contributed by atoms with Crippen molar-refractivity contribution < 1.29 is 14.3 Å². The molecule has 2 rings (SSSR count). The number of rotatable bonds is 5. The minimum Gasteiger partial charge on any atom is -0.474 e. The molecule has 0 bridgehead atoms. The summed E-state index contributed by atoms with van der Waals surface area (Å²) in [4.78, 5) is 7.93. The van der Waals surface area contributed by atoms with Crippen LogP contribution < -0.4 is 4.74 Å². The predicted molar refractivity (Wildman–Crippen MR) is 93.3 cm³/mol. The number of halogens is 1. The van der Waals surface area contributed by atoms with E-state index in [0.717, 1.165) is 12.8 Å². The summed E-state index contributed by atoms with van der Waals surface area (Å²) in [5.41, 5.74) is 0. The lowest BCUT2D eigenvalue weighted by Crippen LogP contribution is -2.45. The van der Waals surface area contributed by atoms with Gasteiger partial charge in [-0.3, -0.25) is 0 Å². The Labute approximate surface area is 144 Å². The van der Waals surface area contributed by atoms with Gasteiger partial charge in [0.15, 0.2) is 8.32 Å². The van der Waals surface area contributed by atoms with E-state index in [9.17, 15) is 5.11 Å². The lowest BCUT2D eigenvalue weighted by Gasteiger charge is -2.39. The van der Waals surface area contributed by atoms with E-state index in [1.165, 1.54) is 6.33 Å². The van der Waals surface area contributed by atoms with Gasteiger partial charge in [-0.2, -0.15) is 0 Å². The van der Waals surface area contributed by atoms with Gasteiger partial charge < -0.3 is 14.3 Å². The first-order valence-corrected chi connectivity index (χ1v) is 11.3. The molecule has 0 aromatic carbocycles. The first kappa shape index (κ1) is 18.6. The molecule has 130 valence electrons. The second-order valence-corrected chi connectivity index (χ2v) is 12.9. The topological polar surface area (TPSA) is 64.5 Å². The van der Waals surface area contributed by atoms with Crippen molar-refractivity contribution in [1.82, 2.24) is 9.97 Å². The van der Waals surface area contributed by atoms with E-state index in [4.69, 9.17) is 20.8 Å². The Kier molecular flexibility index (Phi) is 5.71. The second-order valence-electron chi connectivity index (χ2n) is 7.75. The van der Waals surface area contributed by atoms with E-state index in [2.05, 4.69) is 43.8 Å². The highest BCUT2D eigenvalue weighted by atomic mass is 35.5. The summed E-state index contributed by atoms with van der Waals surface area (Å²) >= 11 is 5.86. The maximum Gasteiger partial charge on any atom is 0.218 e. The first-order valence-electron chi connectivity index (χ1n) is 8.05. The van der Waals surface area contributed by atoms with E-state index >= 15 is 0 Å². The van der Waals surface area contributed by atoms with Gasteiger partial charge in [0.05, 0.1) is 6.10 Å². The fraction of sp³-hybridized carbons (Fsp3) is 0.750. The van der Waals surface area contributed by atoms with Crippen LogP contribution in [0.4, 0.5) is 0 Å². The summed E-state index contributed by atoms with van der Waals surface area (Å²) in [5, 5.41) is 10.2. The van der Waals surface area contributed by atoms with Crippen molar-refractivity contribution in [3.63, 3.8) is 0 Å². The number of aliphatic hydroxyl groups excluding tert-OH is 1. The van der Waals surface area contributed by atoms with Gasteiger partial charge in [-0.25, -0.2) is 9.97 Å². The molecule has 1 fully saturated rings. The maximum absolute atomic E-state index is 9.70. The first-order chi connectivity index (χ1) is 10.6. The summed E-state index contributed by atoms with van der Waals surface area (Å²) < 4.78 is 12.4. The molecule has 0 unspecified atom stereocenters. The van der Waals surface area contributed by atoms with Crippen LogP contribution in [-0.4, -0.2) is 42.2 Å². The van der Waals surface area contributed by atoms with Gasteiger partial charge in [0.2, 0.25) is 5.88 Å². The van der Waals surface area contributed by atoms with Gasteiger partial charge in [0.1, 0.15) is 17.6 Å². The molecule has 1 N–H and O–H groups in total. The molecule has 1 heterocycles. The molecule has 0 spiro atoms. The maximum atomic E-state index is 9.70. The zero-order valence-corrected chi connectivity index (χ0v) is 16.3. The Hall–Kier alpha value is -0.693. The normalized spacial score (nSPS) is 25.6. The highest BCUT2D eigenvalue weighted by Crippen LogP contribution is 2.41. The molecule has 1 aromatic heterocycles. The van der Waals surface area contributed by atoms with Crippen molar-refractivity contribution in [3.8, 4) is 5.88 Å². The molecule has 1 aromatic rings. The molecular weight excluding hydrogens is 332 g/mol. The quantitative estimate of drug-likeness (QED) is 0.642. The largest absolute Gasteiger partial charge is 0.474 e. The molecule has 5 nitrogen and oxygen atoms in total. The van der Waals surface area contributed by atoms with Crippen LogP contribution in [0.5, 0.6) is 5.88 Å². The number of hydrogen-bond donors (Lipinski definition) is 1. The minimum absolute atomic E-state index is 0.0205. The molecule has 1 aliphatic rings. The molecule has 7 heteroatoms. The molecule has 0 saturated heterocycles. The van der Waals surface area contributed by atoms with Crippen molar-refractivity contribution in [2.24, 2.45) is 5.92 Å². The summed E-state index contributed by atoms with van der Waals surface area (Å²) in [6.45, 7) is 11.3. The predicted octanol–water partition coefficient (Wildman–Crippen LogP) is 3.67. The fourth-order valence-corrected chi connectivity index (χ4v) is 4.11. The highest BCUT2D eigenvalue weighted by Gasteiger charge is 2.44. The highest BCUT2D eigenvalue weighted by molar-refractivity contribution is 6.74. The van der Waals surface area contributed by atoms with Crippen LogP contribution in [-0.2, 0) is 4.43 Å². The SMILES string of the molecule is CC(C)(C)[Si](C)(C)O[C@H]1C[C@H](Oc2cc(Cl)ncn2)C[C@H]1CO. The Morgan fingerprint density at radius 3 is 2.57 bits per heavy atom. The van der Waals surface area contributed by atoms with E-state index in [0.29, 0.717) is 11.0 Å². The second kappa shape index (κ2) is 7.05. The Balaban J connectivity index is 2.03. The molecular formula is C16H27ClN2O3Si. The van der Waals surface area contributed by atoms with Crippen LogP contribution in [0.15, 0.2) is 12.4 Å². The lowest BCUT2D eigenvalue weighted by atomic mass is 10.1. The van der Waals surface area contributed by atoms with Crippen molar-refractivity contribution in [3.05, 3.63) is 17.5 Å². The van der Waals surface area contributed by atoms with Gasteiger partial charge >= 0.3 is 0 Å². The third-order valence-corrected chi connectivity index (χ3v) is 9.68. The zero-order valence-electron chi connectivity index (χ0n) is 14.5. The van der Waals surface area contributed by atoms with Crippen molar-refractivity contribution in [1.29, 1.82) is 0 Å². The monoisotopic (exact) mass is 358 g/mol. The molecule has 23 heavy (non-hydrogen) atoms. The smallest absolute Gasteiger partial charge is 0.218 e. The van der Waals surface area contributed by atoms with Crippen molar-refractivity contribution in [2.45, 2.75) is 64.0 Å². The van der Waals surface area contributed by atoms with Gasteiger partial charge in [0, 0.05) is 25.0 Å². The zero-order chi connectivity index (χ0) is 17.3. The van der Waals surface area contributed by atoms with Crippen LogP contribution in [0.3, 0.4) is 0 Å². The van der Waals surface area contributed by atoms with Crippen LogP contribution in [0, 0.1) is 5.92 Å². The number of aliphatic hydroxyl groups is 1. The molecule has 1 aliphatic carbocycles. The Bertz CT molecular complexity index is 536. The fourth-order valence-electron chi connectivity index (χ4n) is 2.58. The van der Waals surface area contributed by atoms with Crippen LogP contribution in [0.2, 0.25) is 23.3 Å². The number of hydrogen-bond acceptors (Lipinski definition) is 5. The lowest BCUT2D eigenvalue weighted by molar-refractivity contribution is 0.0971. The van der Waals surface area contributed by atoms with Crippen LogP contribution in [0.25, 0.3) is 0 Å². The standard InChI is InChI=1S/C16H27ClN2O3Si/c1-16(2,3)23(4,5)22-13-7-12(6-11(13)9-20)21-15-8-14(17)18-10-19-15/h8,10-13,20H,6-7,9H2,1-5H3/t11-,12+,13-/m0/s1. The van der Waals surface area contributed by atoms with Crippen LogP contribution in [0.1, 0.15) is 33.6 Å². The van der Waals surface area contributed by atoms with Gasteiger partial charge in [-0.15, -0.1) is 0 Å². The molecule has 0 aliphatic heterocycles. The molecule has 0 radical (unpaired) electrons. The third kappa shape index (κ3) is 4.65. The summed E-state index contributed by atoms with van der Waals surface area (Å²) in [6.07, 6.45) is 2.92.